The van der Waals surface area contributed by atoms with Crippen molar-refractivity contribution in [2.45, 2.75) is 11.8 Å². The molecule has 0 spiro atoms. The van der Waals surface area contributed by atoms with Crippen LogP contribution < -0.4 is 0 Å². The molecule has 6 heteroatoms. The van der Waals surface area contributed by atoms with Crippen LogP contribution in [0.4, 0.5) is 13.2 Å². The van der Waals surface area contributed by atoms with E-state index in [4.69, 9.17) is 0 Å². The predicted octanol–water partition coefficient (Wildman–Crippen LogP) is 1.62. The average molecular weight is 223 g/mol. The minimum absolute atomic E-state index is 0.665. The summed E-state index contributed by atoms with van der Waals surface area (Å²) in [5.41, 5.74) is -0.665. The second-order valence-corrected chi connectivity index (χ2v) is 4.75. The van der Waals surface area contributed by atoms with Gasteiger partial charge < -0.3 is 0 Å². The van der Waals surface area contributed by atoms with Gasteiger partial charge in [-0.3, -0.25) is 0 Å². The van der Waals surface area contributed by atoms with Crippen molar-refractivity contribution in [1.82, 2.24) is 0 Å². The van der Waals surface area contributed by atoms with Crippen molar-refractivity contribution in [3.8, 4) is 0 Å². The van der Waals surface area contributed by atoms with Gasteiger partial charge >= 0.3 is 0 Å². The molecule has 1 aromatic carbocycles. The van der Waals surface area contributed by atoms with Crippen LogP contribution in [0.1, 0.15) is 5.56 Å². The van der Waals surface area contributed by atoms with E-state index in [0.717, 1.165) is 6.92 Å². The molecule has 77 valence electrons. The molecule has 0 saturated heterocycles. The van der Waals surface area contributed by atoms with Crippen molar-refractivity contribution < 1.29 is 21.6 Å². The number of hydrogen-bond acceptors (Lipinski definition) is 2. The molecule has 0 aliphatic rings. The molecule has 2 nitrogen and oxygen atoms in total. The first-order chi connectivity index (χ1) is 6.25. The molecule has 0 heterocycles. The highest BCUT2D eigenvalue weighted by Gasteiger charge is 2.21. The Kier molecular flexibility index (Phi) is 2.58. The lowest BCUT2D eigenvalue weighted by Crippen LogP contribution is -2.06. The quantitative estimate of drug-likeness (QED) is 0.535. The predicted molar refractivity (Wildman–Crippen MR) is 43.0 cm³/mol. The lowest BCUT2D eigenvalue weighted by molar-refractivity contribution is 0.471. The van der Waals surface area contributed by atoms with Crippen molar-refractivity contribution in [2.75, 3.05) is 6.26 Å². The fraction of sp³-hybridized carbons (Fsp3) is 0.250. The first-order valence-electron chi connectivity index (χ1n) is 3.51. The van der Waals surface area contributed by atoms with Crippen LogP contribution in [-0.2, 0) is 9.84 Å². The topological polar surface area (TPSA) is 34.1 Å². The Balaban J connectivity index is 3.66. The Morgan fingerprint density at radius 1 is 1.14 bits per heavy atom. The van der Waals surface area contributed by atoms with E-state index in [1.807, 2.05) is 0 Å². The summed E-state index contributed by atoms with van der Waals surface area (Å²) in [6.07, 6.45) is 0.693. The van der Waals surface area contributed by atoms with Gasteiger partial charge in [-0.05, 0) is 6.92 Å². The van der Waals surface area contributed by atoms with Crippen molar-refractivity contribution in [1.29, 1.82) is 0 Å². The minimum atomic E-state index is -3.93. The molecule has 1 radical (unpaired) electrons. The van der Waals surface area contributed by atoms with Gasteiger partial charge in [-0.25, -0.2) is 21.6 Å². The number of halogens is 3. The van der Waals surface area contributed by atoms with Crippen molar-refractivity contribution in [3.05, 3.63) is 29.1 Å². The SMILES string of the molecule is Cc1c(F)c(F)[c]c(S(C)(=O)=O)c1F. The summed E-state index contributed by atoms with van der Waals surface area (Å²) < 4.78 is 60.3. The van der Waals surface area contributed by atoms with E-state index < -0.39 is 37.7 Å². The summed E-state index contributed by atoms with van der Waals surface area (Å²) in [4.78, 5) is -0.950. The third-order valence-corrected chi connectivity index (χ3v) is 2.67. The van der Waals surface area contributed by atoms with Crippen LogP contribution in [0, 0.1) is 30.4 Å². The monoisotopic (exact) mass is 223 g/mol. The molecule has 0 amide bonds. The first-order valence-corrected chi connectivity index (χ1v) is 5.40. The summed E-state index contributed by atoms with van der Waals surface area (Å²) in [5, 5.41) is 0. The molecule has 0 aliphatic carbocycles. The fourth-order valence-corrected chi connectivity index (χ4v) is 1.65. The Hall–Kier alpha value is -1.04. The summed E-state index contributed by atoms with van der Waals surface area (Å²) in [6.45, 7) is 0.955. The highest BCUT2D eigenvalue weighted by Crippen LogP contribution is 2.21. The minimum Gasteiger partial charge on any atom is -0.224 e. The van der Waals surface area contributed by atoms with E-state index >= 15 is 0 Å². The average Bonchev–Trinajstić information content (AvgIpc) is 2.06. The third-order valence-electron chi connectivity index (χ3n) is 1.64. The van der Waals surface area contributed by atoms with Gasteiger partial charge in [0, 0.05) is 17.9 Å². The standard InChI is InChI=1S/C8H6F3O2S/c1-4-7(10)5(9)3-6(8(4)11)14(2,12)13/h1-2H3. The van der Waals surface area contributed by atoms with E-state index in [1.165, 1.54) is 6.07 Å². The van der Waals surface area contributed by atoms with Gasteiger partial charge in [0.25, 0.3) is 0 Å². The molecule has 0 bridgehead atoms. The normalized spacial score (nSPS) is 11.8. The molecule has 0 aliphatic heterocycles. The first kappa shape index (κ1) is 11.0. The summed E-state index contributed by atoms with van der Waals surface area (Å²) in [6, 6.07) is 1.52. The van der Waals surface area contributed by atoms with E-state index in [9.17, 15) is 21.6 Å². The van der Waals surface area contributed by atoms with Gasteiger partial charge in [0.15, 0.2) is 21.5 Å². The Morgan fingerprint density at radius 3 is 2.07 bits per heavy atom. The molecule has 0 fully saturated rings. The molecule has 14 heavy (non-hydrogen) atoms. The van der Waals surface area contributed by atoms with Crippen LogP contribution in [0.25, 0.3) is 0 Å². The number of benzene rings is 1. The van der Waals surface area contributed by atoms with Crippen molar-refractivity contribution in [3.63, 3.8) is 0 Å². The maximum absolute atomic E-state index is 13.1. The Morgan fingerprint density at radius 2 is 1.64 bits per heavy atom. The van der Waals surface area contributed by atoms with E-state index in [1.54, 1.807) is 0 Å². The molecule has 1 aromatic rings. The highest BCUT2D eigenvalue weighted by atomic mass is 32.2. The molecule has 0 saturated carbocycles. The van der Waals surface area contributed by atoms with Gasteiger partial charge in [-0.1, -0.05) is 0 Å². The largest absolute Gasteiger partial charge is 0.224 e. The number of sulfone groups is 1. The second-order valence-electron chi connectivity index (χ2n) is 2.79. The zero-order valence-electron chi connectivity index (χ0n) is 7.36. The van der Waals surface area contributed by atoms with E-state index in [2.05, 4.69) is 0 Å². The van der Waals surface area contributed by atoms with Gasteiger partial charge in [-0.2, -0.15) is 0 Å². The van der Waals surface area contributed by atoms with Crippen LogP contribution in [0.2, 0.25) is 0 Å². The van der Waals surface area contributed by atoms with Crippen LogP contribution >= 0.6 is 0 Å². The fourth-order valence-electron chi connectivity index (χ4n) is 0.896. The van der Waals surface area contributed by atoms with Crippen LogP contribution in [-0.4, -0.2) is 14.7 Å². The van der Waals surface area contributed by atoms with Crippen molar-refractivity contribution in [2.24, 2.45) is 0 Å². The summed E-state index contributed by atoms with van der Waals surface area (Å²) in [7, 11) is -3.93. The maximum atomic E-state index is 13.1. The van der Waals surface area contributed by atoms with Gasteiger partial charge in [0.2, 0.25) is 0 Å². The molecule has 0 atom stereocenters. The molecule has 0 unspecified atom stereocenters. The van der Waals surface area contributed by atoms with Crippen molar-refractivity contribution >= 4 is 9.84 Å². The smallest absolute Gasteiger partial charge is 0.179 e. The number of rotatable bonds is 1. The summed E-state index contributed by atoms with van der Waals surface area (Å²) >= 11 is 0. The molecule has 0 N–H and O–H groups in total. The molecular weight excluding hydrogens is 217 g/mol. The Bertz CT molecular complexity index is 480. The highest BCUT2D eigenvalue weighted by molar-refractivity contribution is 7.90. The van der Waals surface area contributed by atoms with Gasteiger partial charge in [-0.15, -0.1) is 0 Å². The van der Waals surface area contributed by atoms with E-state index in [-0.39, 0.29) is 0 Å². The van der Waals surface area contributed by atoms with Gasteiger partial charge in [0.1, 0.15) is 10.7 Å². The van der Waals surface area contributed by atoms with Gasteiger partial charge in [0.05, 0.1) is 0 Å². The lowest BCUT2D eigenvalue weighted by Gasteiger charge is -2.04. The lowest BCUT2D eigenvalue weighted by atomic mass is 10.2. The Labute approximate surface area is 79.3 Å². The molecular formula is C8H6F3O2S. The van der Waals surface area contributed by atoms with Crippen LogP contribution in [0.3, 0.4) is 0 Å². The number of hydrogen-bond donors (Lipinski definition) is 0. The second kappa shape index (κ2) is 3.27. The van der Waals surface area contributed by atoms with E-state index in [0.29, 0.717) is 6.26 Å². The molecule has 0 aromatic heterocycles. The maximum Gasteiger partial charge on any atom is 0.179 e. The molecule has 1 rings (SSSR count). The zero-order chi connectivity index (χ0) is 11.1. The van der Waals surface area contributed by atoms with Crippen LogP contribution in [0.15, 0.2) is 4.90 Å². The van der Waals surface area contributed by atoms with Crippen LogP contribution in [0.5, 0.6) is 0 Å². The third kappa shape index (κ3) is 1.75. The summed E-state index contributed by atoms with van der Waals surface area (Å²) in [5.74, 6) is -4.22. The zero-order valence-corrected chi connectivity index (χ0v) is 8.18.